The normalized spacial score (nSPS) is 10.7. The molecule has 8 heteroatoms. The van der Waals surface area contributed by atoms with Gasteiger partial charge in [-0.3, -0.25) is 14.9 Å². The Morgan fingerprint density at radius 1 is 1.36 bits per heavy atom. The summed E-state index contributed by atoms with van der Waals surface area (Å²) in [6.07, 6.45) is 1.28. The Labute approximate surface area is 151 Å². The standard InChI is InChI=1S/C17H12BrN3O4/c1-25-16-6-5-11(8-15(16)21(23)24)7-12(10-19)17(22)20-14-4-2-3-13(18)9-14/h2-9H,1H3,(H,20,22)/b12-7-. The van der Waals surface area contributed by atoms with E-state index in [4.69, 9.17) is 4.74 Å². The lowest BCUT2D eigenvalue weighted by molar-refractivity contribution is -0.385. The monoisotopic (exact) mass is 401 g/mol. The van der Waals surface area contributed by atoms with Crippen LogP contribution in [0.5, 0.6) is 5.75 Å². The van der Waals surface area contributed by atoms with Crippen LogP contribution in [0.1, 0.15) is 5.56 Å². The van der Waals surface area contributed by atoms with Crippen molar-refractivity contribution in [2.45, 2.75) is 0 Å². The molecule has 0 bridgehead atoms. The third-order valence-electron chi connectivity index (χ3n) is 3.16. The molecule has 2 rings (SSSR count). The number of methoxy groups -OCH3 is 1. The molecule has 0 radical (unpaired) electrons. The largest absolute Gasteiger partial charge is 0.490 e. The van der Waals surface area contributed by atoms with Crippen LogP contribution in [0.3, 0.4) is 0 Å². The number of anilines is 1. The second-order valence-corrected chi connectivity index (χ2v) is 5.74. The molecule has 0 unspecified atom stereocenters. The predicted molar refractivity (Wildman–Crippen MR) is 96.0 cm³/mol. The number of rotatable bonds is 5. The van der Waals surface area contributed by atoms with Gasteiger partial charge >= 0.3 is 5.69 Å². The maximum absolute atomic E-state index is 12.2. The van der Waals surface area contributed by atoms with E-state index in [9.17, 15) is 20.2 Å². The van der Waals surface area contributed by atoms with Crippen LogP contribution >= 0.6 is 15.9 Å². The van der Waals surface area contributed by atoms with Crippen LogP contribution in [-0.2, 0) is 4.79 Å². The Hall–Kier alpha value is -3.18. The smallest absolute Gasteiger partial charge is 0.311 e. The summed E-state index contributed by atoms with van der Waals surface area (Å²) in [5.74, 6) is -0.515. The second kappa shape index (κ2) is 8.08. The van der Waals surface area contributed by atoms with Gasteiger partial charge in [-0.05, 0) is 35.9 Å². The second-order valence-electron chi connectivity index (χ2n) is 4.82. The first-order valence-corrected chi connectivity index (χ1v) is 7.75. The van der Waals surface area contributed by atoms with E-state index in [1.165, 1.54) is 31.4 Å². The molecule has 0 aliphatic heterocycles. The number of hydrogen-bond donors (Lipinski definition) is 1. The number of benzene rings is 2. The summed E-state index contributed by atoms with van der Waals surface area (Å²) in [5, 5.41) is 22.9. The molecule has 0 heterocycles. The first-order chi connectivity index (χ1) is 11.9. The Bertz CT molecular complexity index is 903. The molecule has 1 N–H and O–H groups in total. The molecule has 1 amide bonds. The van der Waals surface area contributed by atoms with Gasteiger partial charge in [0.25, 0.3) is 5.91 Å². The van der Waals surface area contributed by atoms with Gasteiger partial charge in [-0.25, -0.2) is 0 Å². The predicted octanol–water partition coefficient (Wildman–Crippen LogP) is 3.91. The summed E-state index contributed by atoms with van der Waals surface area (Å²) in [6, 6.07) is 12.9. The van der Waals surface area contributed by atoms with E-state index >= 15 is 0 Å². The van der Waals surface area contributed by atoms with Crippen molar-refractivity contribution in [3.05, 3.63) is 68.2 Å². The number of nitro groups is 1. The number of carbonyl (C=O) groups excluding carboxylic acids is 1. The minimum absolute atomic E-state index is 0.0965. The van der Waals surface area contributed by atoms with Crippen molar-refractivity contribution in [1.82, 2.24) is 0 Å². The van der Waals surface area contributed by atoms with Gasteiger partial charge in [0, 0.05) is 16.2 Å². The SMILES string of the molecule is COc1ccc(/C=C(/C#N)C(=O)Nc2cccc(Br)c2)cc1[N+](=O)[O-]. The lowest BCUT2D eigenvalue weighted by Gasteiger charge is -2.05. The number of ether oxygens (including phenoxy) is 1. The van der Waals surface area contributed by atoms with Crippen molar-refractivity contribution in [3.8, 4) is 11.8 Å². The number of amides is 1. The molecular formula is C17H12BrN3O4. The van der Waals surface area contributed by atoms with Crippen LogP contribution in [-0.4, -0.2) is 17.9 Å². The third-order valence-corrected chi connectivity index (χ3v) is 3.65. The van der Waals surface area contributed by atoms with Crippen LogP contribution in [0, 0.1) is 21.4 Å². The van der Waals surface area contributed by atoms with Crippen molar-refractivity contribution < 1.29 is 14.5 Å². The molecule has 0 atom stereocenters. The number of nitriles is 1. The molecule has 0 aliphatic carbocycles. The lowest BCUT2D eigenvalue weighted by Crippen LogP contribution is -2.13. The summed E-state index contributed by atoms with van der Waals surface area (Å²) in [7, 11) is 1.32. The molecule has 0 fully saturated rings. The average Bonchev–Trinajstić information content (AvgIpc) is 2.59. The number of carbonyl (C=O) groups is 1. The van der Waals surface area contributed by atoms with Crippen LogP contribution in [0.4, 0.5) is 11.4 Å². The quantitative estimate of drug-likeness (QED) is 0.353. The minimum Gasteiger partial charge on any atom is -0.490 e. The van der Waals surface area contributed by atoms with Gasteiger partial charge in [-0.1, -0.05) is 28.1 Å². The zero-order valence-electron chi connectivity index (χ0n) is 13.0. The molecule has 2 aromatic rings. The molecule has 0 aromatic heterocycles. The van der Waals surface area contributed by atoms with E-state index in [-0.39, 0.29) is 17.0 Å². The summed E-state index contributed by atoms with van der Waals surface area (Å²) in [5.41, 5.74) is 0.426. The fraction of sp³-hybridized carbons (Fsp3) is 0.0588. The molecule has 0 aliphatic rings. The molecule has 25 heavy (non-hydrogen) atoms. The van der Waals surface area contributed by atoms with Gasteiger partial charge in [-0.15, -0.1) is 0 Å². The van der Waals surface area contributed by atoms with Crippen LogP contribution in [0.25, 0.3) is 6.08 Å². The van der Waals surface area contributed by atoms with E-state index < -0.39 is 10.8 Å². The van der Waals surface area contributed by atoms with Gasteiger partial charge < -0.3 is 10.1 Å². The van der Waals surface area contributed by atoms with Crippen molar-refractivity contribution in [2.75, 3.05) is 12.4 Å². The van der Waals surface area contributed by atoms with Gasteiger partial charge in [0.05, 0.1) is 12.0 Å². The third kappa shape index (κ3) is 4.65. The molecular weight excluding hydrogens is 390 g/mol. The van der Waals surface area contributed by atoms with Crippen molar-refractivity contribution in [2.24, 2.45) is 0 Å². The van der Waals surface area contributed by atoms with E-state index in [1.807, 2.05) is 0 Å². The van der Waals surface area contributed by atoms with Gasteiger partial charge in [0.1, 0.15) is 11.6 Å². The maximum atomic E-state index is 12.2. The zero-order chi connectivity index (χ0) is 18.4. The number of halogens is 1. The molecule has 126 valence electrons. The van der Waals surface area contributed by atoms with E-state index in [2.05, 4.69) is 21.2 Å². The zero-order valence-corrected chi connectivity index (χ0v) is 14.6. The summed E-state index contributed by atoms with van der Waals surface area (Å²) in [4.78, 5) is 22.7. The molecule has 0 spiro atoms. The minimum atomic E-state index is -0.612. The Morgan fingerprint density at radius 2 is 2.12 bits per heavy atom. The fourth-order valence-corrected chi connectivity index (χ4v) is 2.42. The average molecular weight is 402 g/mol. The van der Waals surface area contributed by atoms with Crippen LogP contribution < -0.4 is 10.1 Å². The van der Waals surface area contributed by atoms with E-state index in [0.717, 1.165) is 4.47 Å². The summed E-state index contributed by atoms with van der Waals surface area (Å²) < 4.78 is 5.70. The Kier molecular flexibility index (Phi) is 5.87. The highest BCUT2D eigenvalue weighted by atomic mass is 79.9. The molecule has 7 nitrogen and oxygen atoms in total. The highest BCUT2D eigenvalue weighted by Gasteiger charge is 2.16. The Balaban J connectivity index is 2.31. The first-order valence-electron chi connectivity index (χ1n) is 6.95. The van der Waals surface area contributed by atoms with Gasteiger partial charge in [0.15, 0.2) is 5.75 Å². The number of nitro benzene ring substituents is 1. The topological polar surface area (TPSA) is 105 Å². The highest BCUT2D eigenvalue weighted by molar-refractivity contribution is 9.10. The number of nitrogens with one attached hydrogen (secondary N) is 1. The van der Waals surface area contributed by atoms with E-state index in [0.29, 0.717) is 11.3 Å². The van der Waals surface area contributed by atoms with Crippen LogP contribution in [0.2, 0.25) is 0 Å². The number of nitrogens with zero attached hydrogens (tertiary/aromatic N) is 2. The fourth-order valence-electron chi connectivity index (χ4n) is 2.02. The summed E-state index contributed by atoms with van der Waals surface area (Å²) >= 11 is 3.29. The van der Waals surface area contributed by atoms with E-state index in [1.54, 1.807) is 30.3 Å². The van der Waals surface area contributed by atoms with Gasteiger partial charge in [0.2, 0.25) is 0 Å². The molecule has 0 saturated carbocycles. The molecule has 0 saturated heterocycles. The highest BCUT2D eigenvalue weighted by Crippen LogP contribution is 2.28. The lowest BCUT2D eigenvalue weighted by atomic mass is 10.1. The first kappa shape index (κ1) is 18.2. The molecule has 2 aromatic carbocycles. The van der Waals surface area contributed by atoms with Crippen molar-refractivity contribution in [3.63, 3.8) is 0 Å². The maximum Gasteiger partial charge on any atom is 0.311 e. The Morgan fingerprint density at radius 3 is 2.72 bits per heavy atom. The summed E-state index contributed by atoms with van der Waals surface area (Å²) in [6.45, 7) is 0. The van der Waals surface area contributed by atoms with Crippen molar-refractivity contribution >= 4 is 39.3 Å². The van der Waals surface area contributed by atoms with Gasteiger partial charge in [-0.2, -0.15) is 5.26 Å². The number of hydrogen-bond acceptors (Lipinski definition) is 5. The van der Waals surface area contributed by atoms with Crippen molar-refractivity contribution in [1.29, 1.82) is 5.26 Å². The van der Waals surface area contributed by atoms with Crippen LogP contribution in [0.15, 0.2) is 52.5 Å².